The summed E-state index contributed by atoms with van der Waals surface area (Å²) in [6, 6.07) is 3.20. The van der Waals surface area contributed by atoms with Crippen LogP contribution in [0.5, 0.6) is 0 Å². The van der Waals surface area contributed by atoms with E-state index in [4.69, 9.17) is 5.73 Å². The number of anilines is 2. The van der Waals surface area contributed by atoms with E-state index in [2.05, 4.69) is 30.6 Å². The fourth-order valence-electron chi connectivity index (χ4n) is 1.41. The molecule has 1 aromatic carbocycles. The molecule has 1 heterocycles. The quantitative estimate of drug-likeness (QED) is 0.470. The second kappa shape index (κ2) is 5.61. The average molecular weight is 374 g/mol. The van der Waals surface area contributed by atoms with Gasteiger partial charge in [0.15, 0.2) is 5.82 Å². The third-order valence-electron chi connectivity index (χ3n) is 2.37. The lowest BCUT2D eigenvalue weighted by Gasteiger charge is -2.07. The maximum absolute atomic E-state index is 12.1. The van der Waals surface area contributed by atoms with Crippen molar-refractivity contribution in [3.63, 3.8) is 0 Å². The summed E-state index contributed by atoms with van der Waals surface area (Å²) in [7, 11) is -4.03. The van der Waals surface area contributed by atoms with E-state index >= 15 is 0 Å². The van der Waals surface area contributed by atoms with Crippen molar-refractivity contribution in [2.75, 3.05) is 10.5 Å². The number of nitro groups is 1. The van der Waals surface area contributed by atoms with Crippen molar-refractivity contribution in [2.45, 2.75) is 4.90 Å². The molecule has 0 unspecified atom stereocenters. The standard InChI is InChI=1S/C10H8BrN5O4S/c11-9-4-14-10(5-13-9)15-21(19,20)6-1-2-7(12)8(3-6)16(17)18/h1-5H,12H2,(H,14,15). The van der Waals surface area contributed by atoms with E-state index < -0.39 is 20.6 Å². The highest BCUT2D eigenvalue weighted by atomic mass is 79.9. The van der Waals surface area contributed by atoms with Crippen LogP contribution in [0, 0.1) is 10.1 Å². The Labute approximate surface area is 127 Å². The molecule has 0 aliphatic heterocycles. The van der Waals surface area contributed by atoms with Crippen LogP contribution in [-0.4, -0.2) is 23.3 Å². The molecule has 21 heavy (non-hydrogen) atoms. The molecule has 2 rings (SSSR count). The Morgan fingerprint density at radius 3 is 2.57 bits per heavy atom. The van der Waals surface area contributed by atoms with Gasteiger partial charge in [0.25, 0.3) is 15.7 Å². The zero-order valence-electron chi connectivity index (χ0n) is 10.2. The van der Waals surface area contributed by atoms with E-state index in [1.54, 1.807) is 0 Å². The molecule has 0 aliphatic carbocycles. The van der Waals surface area contributed by atoms with Gasteiger partial charge in [-0.05, 0) is 28.1 Å². The number of aromatic nitrogens is 2. The topological polar surface area (TPSA) is 141 Å². The molecule has 0 fully saturated rings. The van der Waals surface area contributed by atoms with Crippen LogP contribution in [-0.2, 0) is 10.0 Å². The second-order valence-corrected chi connectivity index (χ2v) is 6.30. The van der Waals surface area contributed by atoms with Crippen LogP contribution in [0.4, 0.5) is 17.2 Å². The molecular weight excluding hydrogens is 366 g/mol. The van der Waals surface area contributed by atoms with E-state index in [1.165, 1.54) is 12.4 Å². The Balaban J connectivity index is 2.38. The normalized spacial score (nSPS) is 11.1. The van der Waals surface area contributed by atoms with Crippen molar-refractivity contribution in [1.29, 1.82) is 0 Å². The first kappa shape index (κ1) is 15.1. The first-order chi connectivity index (χ1) is 9.79. The second-order valence-electron chi connectivity index (χ2n) is 3.81. The first-order valence-electron chi connectivity index (χ1n) is 5.34. The van der Waals surface area contributed by atoms with Gasteiger partial charge in [-0.25, -0.2) is 18.4 Å². The van der Waals surface area contributed by atoms with Gasteiger partial charge in [-0.1, -0.05) is 0 Å². The number of rotatable bonds is 4. The van der Waals surface area contributed by atoms with Crippen LogP contribution in [0.3, 0.4) is 0 Å². The van der Waals surface area contributed by atoms with Crippen molar-refractivity contribution in [1.82, 2.24) is 9.97 Å². The summed E-state index contributed by atoms with van der Waals surface area (Å²) in [5.74, 6) is -0.0160. The summed E-state index contributed by atoms with van der Waals surface area (Å²) >= 11 is 3.06. The van der Waals surface area contributed by atoms with Crippen molar-refractivity contribution < 1.29 is 13.3 Å². The highest BCUT2D eigenvalue weighted by Gasteiger charge is 2.20. The van der Waals surface area contributed by atoms with Gasteiger partial charge in [-0.2, -0.15) is 0 Å². The molecule has 3 N–H and O–H groups in total. The Kier molecular flexibility index (Phi) is 4.04. The number of nitrogens with zero attached hydrogens (tertiary/aromatic N) is 3. The maximum Gasteiger partial charge on any atom is 0.293 e. The number of hydrogen-bond acceptors (Lipinski definition) is 7. The number of hydrogen-bond donors (Lipinski definition) is 2. The molecule has 2 aromatic rings. The summed E-state index contributed by atoms with van der Waals surface area (Å²) in [4.78, 5) is 17.3. The molecule has 9 nitrogen and oxygen atoms in total. The monoisotopic (exact) mass is 373 g/mol. The van der Waals surface area contributed by atoms with Gasteiger partial charge in [-0.3, -0.25) is 14.8 Å². The number of nitrogen functional groups attached to an aromatic ring is 1. The van der Waals surface area contributed by atoms with Gasteiger partial charge in [0, 0.05) is 6.07 Å². The third-order valence-corrected chi connectivity index (χ3v) is 4.13. The predicted molar refractivity (Wildman–Crippen MR) is 78.0 cm³/mol. The molecule has 1 aromatic heterocycles. The van der Waals surface area contributed by atoms with Crippen molar-refractivity contribution in [3.8, 4) is 0 Å². The number of sulfonamides is 1. The molecule has 110 valence electrons. The van der Waals surface area contributed by atoms with Crippen LogP contribution in [0.1, 0.15) is 0 Å². The van der Waals surface area contributed by atoms with Crippen LogP contribution >= 0.6 is 15.9 Å². The van der Waals surface area contributed by atoms with Gasteiger partial charge in [-0.15, -0.1) is 0 Å². The van der Waals surface area contributed by atoms with E-state index in [0.29, 0.717) is 4.60 Å². The van der Waals surface area contributed by atoms with E-state index in [1.807, 2.05) is 0 Å². The van der Waals surface area contributed by atoms with Crippen LogP contribution in [0.2, 0.25) is 0 Å². The number of benzene rings is 1. The number of nitro benzene ring substituents is 1. The predicted octanol–water partition coefficient (Wildman–Crippen LogP) is 1.53. The van der Waals surface area contributed by atoms with Crippen LogP contribution in [0.25, 0.3) is 0 Å². The van der Waals surface area contributed by atoms with E-state index in [0.717, 1.165) is 18.2 Å². The Hall–Kier alpha value is -2.27. The fraction of sp³-hybridized carbons (Fsp3) is 0. The summed E-state index contributed by atoms with van der Waals surface area (Å²) in [6.45, 7) is 0. The largest absolute Gasteiger partial charge is 0.393 e. The van der Waals surface area contributed by atoms with Gasteiger partial charge in [0.05, 0.1) is 22.2 Å². The molecule has 0 atom stereocenters. The lowest BCUT2D eigenvalue weighted by Crippen LogP contribution is -2.14. The molecule has 0 aliphatic rings. The fourth-order valence-corrected chi connectivity index (χ4v) is 2.63. The minimum Gasteiger partial charge on any atom is -0.393 e. The molecule has 0 saturated heterocycles. The van der Waals surface area contributed by atoms with Crippen LogP contribution < -0.4 is 10.5 Å². The van der Waals surface area contributed by atoms with Crippen molar-refractivity contribution in [3.05, 3.63) is 45.3 Å². The van der Waals surface area contributed by atoms with Gasteiger partial charge < -0.3 is 5.73 Å². The summed E-state index contributed by atoms with van der Waals surface area (Å²) in [5, 5.41) is 10.8. The average Bonchev–Trinajstić information content (AvgIpc) is 2.41. The van der Waals surface area contributed by atoms with Gasteiger partial charge >= 0.3 is 0 Å². The Morgan fingerprint density at radius 2 is 2.00 bits per heavy atom. The highest BCUT2D eigenvalue weighted by molar-refractivity contribution is 9.10. The van der Waals surface area contributed by atoms with E-state index in [9.17, 15) is 18.5 Å². The van der Waals surface area contributed by atoms with Crippen molar-refractivity contribution >= 4 is 43.1 Å². The highest BCUT2D eigenvalue weighted by Crippen LogP contribution is 2.25. The number of nitrogens with one attached hydrogen (secondary N) is 1. The van der Waals surface area contributed by atoms with Crippen molar-refractivity contribution in [2.24, 2.45) is 0 Å². The lowest BCUT2D eigenvalue weighted by atomic mass is 10.3. The zero-order chi connectivity index (χ0) is 15.6. The maximum atomic E-state index is 12.1. The Morgan fingerprint density at radius 1 is 1.29 bits per heavy atom. The van der Waals surface area contributed by atoms with Gasteiger partial charge in [0.2, 0.25) is 0 Å². The molecule has 0 spiro atoms. The SMILES string of the molecule is Nc1ccc(S(=O)(=O)Nc2cnc(Br)cn2)cc1[N+](=O)[O-]. The number of halogens is 1. The minimum absolute atomic E-state index is 0.0160. The molecule has 0 radical (unpaired) electrons. The summed E-state index contributed by atoms with van der Waals surface area (Å²) in [5.41, 5.74) is 4.81. The Bertz CT molecular complexity index is 794. The molecule has 0 amide bonds. The van der Waals surface area contributed by atoms with E-state index in [-0.39, 0.29) is 16.4 Å². The smallest absolute Gasteiger partial charge is 0.293 e. The first-order valence-corrected chi connectivity index (χ1v) is 7.61. The third kappa shape index (κ3) is 3.44. The van der Waals surface area contributed by atoms with Gasteiger partial charge in [0.1, 0.15) is 10.3 Å². The summed E-state index contributed by atoms with van der Waals surface area (Å²) < 4.78 is 26.8. The molecule has 11 heteroatoms. The summed E-state index contributed by atoms with van der Waals surface area (Å²) in [6.07, 6.45) is 2.51. The minimum atomic E-state index is -4.03. The molecule has 0 saturated carbocycles. The number of nitrogens with two attached hydrogens (primary N) is 1. The lowest BCUT2D eigenvalue weighted by molar-refractivity contribution is -0.384. The zero-order valence-corrected chi connectivity index (χ0v) is 12.6. The van der Waals surface area contributed by atoms with Crippen LogP contribution in [0.15, 0.2) is 40.1 Å². The molecular formula is C10H8BrN5O4S. The molecule has 0 bridgehead atoms.